The molecule has 0 amide bonds. The van der Waals surface area contributed by atoms with Gasteiger partial charge in [-0.1, -0.05) is 0 Å². The Balaban J connectivity index is 1.98. The van der Waals surface area contributed by atoms with Gasteiger partial charge in [-0.15, -0.1) is 0 Å². The lowest BCUT2D eigenvalue weighted by atomic mass is 9.93. The number of rotatable bonds is 0. The van der Waals surface area contributed by atoms with Crippen LogP contribution in [-0.2, 0) is 19.1 Å². The maximum Gasteiger partial charge on any atom is 0.310 e. The van der Waals surface area contributed by atoms with E-state index < -0.39 is 6.10 Å². The first-order valence-electron chi connectivity index (χ1n) is 4.88. The van der Waals surface area contributed by atoms with Crippen LogP contribution in [0.15, 0.2) is 11.3 Å². The van der Waals surface area contributed by atoms with E-state index in [-0.39, 0.29) is 24.3 Å². The summed E-state index contributed by atoms with van der Waals surface area (Å²) in [5, 5.41) is 0. The molecule has 0 saturated carbocycles. The summed E-state index contributed by atoms with van der Waals surface area (Å²) in [5.41, 5.74) is 0.632. The summed E-state index contributed by atoms with van der Waals surface area (Å²) in [6, 6.07) is 0. The molecule has 0 radical (unpaired) electrons. The molecule has 1 fully saturated rings. The number of esters is 1. The summed E-state index contributed by atoms with van der Waals surface area (Å²) < 4.78 is 10.6. The number of carbonyl (C=O) groups excluding carboxylic acids is 2. The third kappa shape index (κ3) is 0.937. The third-order valence-electron chi connectivity index (χ3n) is 2.95. The summed E-state index contributed by atoms with van der Waals surface area (Å²) in [6.45, 7) is 0. The van der Waals surface area contributed by atoms with Crippen LogP contribution in [0.3, 0.4) is 0 Å². The molecule has 4 nitrogen and oxygen atoms in total. The van der Waals surface area contributed by atoms with Gasteiger partial charge in [0.1, 0.15) is 11.9 Å². The minimum Gasteiger partial charge on any atom is -0.489 e. The van der Waals surface area contributed by atoms with Gasteiger partial charge in [-0.3, -0.25) is 9.59 Å². The lowest BCUT2D eigenvalue weighted by Gasteiger charge is -2.13. The highest BCUT2D eigenvalue weighted by atomic mass is 16.6. The lowest BCUT2D eigenvalue weighted by molar-refractivity contribution is -0.140. The van der Waals surface area contributed by atoms with Gasteiger partial charge >= 0.3 is 5.97 Å². The summed E-state index contributed by atoms with van der Waals surface area (Å²) in [5.74, 6) is 0.599. The average molecular weight is 194 g/mol. The molecule has 2 aliphatic heterocycles. The SMILES string of the molecule is O=C1C[C@H]2OC3=C(C(=O)CCC3)[C@H]2O1. The molecule has 1 aliphatic carbocycles. The maximum atomic E-state index is 11.6. The van der Waals surface area contributed by atoms with Crippen molar-refractivity contribution in [3.05, 3.63) is 11.3 Å². The summed E-state index contributed by atoms with van der Waals surface area (Å²) in [4.78, 5) is 22.6. The van der Waals surface area contributed by atoms with Crippen LogP contribution in [0.5, 0.6) is 0 Å². The van der Waals surface area contributed by atoms with Crippen molar-refractivity contribution in [3.63, 3.8) is 0 Å². The Morgan fingerprint density at radius 1 is 1.14 bits per heavy atom. The van der Waals surface area contributed by atoms with Crippen LogP contribution in [-0.4, -0.2) is 24.0 Å². The summed E-state index contributed by atoms with van der Waals surface area (Å²) >= 11 is 0. The van der Waals surface area contributed by atoms with Crippen LogP contribution in [0.2, 0.25) is 0 Å². The first kappa shape index (κ1) is 8.03. The van der Waals surface area contributed by atoms with Crippen molar-refractivity contribution in [2.24, 2.45) is 0 Å². The highest BCUT2D eigenvalue weighted by molar-refractivity contribution is 5.99. The number of ketones is 1. The fourth-order valence-electron chi connectivity index (χ4n) is 2.34. The minimum absolute atomic E-state index is 0.0912. The molecule has 3 rings (SSSR count). The molecule has 4 heteroatoms. The van der Waals surface area contributed by atoms with Gasteiger partial charge in [-0.05, 0) is 6.42 Å². The fraction of sp³-hybridized carbons (Fsp3) is 0.600. The Bertz CT molecular complexity index is 355. The molecule has 0 aromatic rings. The van der Waals surface area contributed by atoms with E-state index in [9.17, 15) is 9.59 Å². The largest absolute Gasteiger partial charge is 0.489 e. The second-order valence-corrected chi connectivity index (χ2v) is 3.88. The molecule has 2 heterocycles. The standard InChI is InChI=1S/C10H10O4/c11-5-2-1-3-6-9(5)10-7(13-6)4-8(12)14-10/h7,10H,1-4H2/t7-,10+/m1/s1. The molecule has 0 bridgehead atoms. The summed E-state index contributed by atoms with van der Waals surface area (Å²) in [7, 11) is 0. The lowest BCUT2D eigenvalue weighted by Crippen LogP contribution is -2.23. The van der Waals surface area contributed by atoms with E-state index in [0.717, 1.165) is 18.6 Å². The molecule has 2 atom stereocenters. The second kappa shape index (κ2) is 2.59. The molecule has 0 aromatic heterocycles. The van der Waals surface area contributed by atoms with Crippen molar-refractivity contribution in [2.45, 2.75) is 37.9 Å². The topological polar surface area (TPSA) is 52.6 Å². The van der Waals surface area contributed by atoms with Crippen LogP contribution >= 0.6 is 0 Å². The Kier molecular flexibility index (Phi) is 1.48. The molecule has 1 saturated heterocycles. The molecule has 0 aromatic carbocycles. The number of allylic oxidation sites excluding steroid dienone is 1. The van der Waals surface area contributed by atoms with Gasteiger partial charge in [-0.2, -0.15) is 0 Å². The molecule has 0 spiro atoms. The number of hydrogen-bond acceptors (Lipinski definition) is 4. The number of fused-ring (bicyclic) bond motifs is 2. The van der Waals surface area contributed by atoms with Crippen LogP contribution in [0.25, 0.3) is 0 Å². The molecular weight excluding hydrogens is 184 g/mol. The third-order valence-corrected chi connectivity index (χ3v) is 2.95. The van der Waals surface area contributed by atoms with Gasteiger partial charge in [0, 0.05) is 12.8 Å². The van der Waals surface area contributed by atoms with Gasteiger partial charge in [0.2, 0.25) is 0 Å². The Hall–Kier alpha value is -1.32. The second-order valence-electron chi connectivity index (χ2n) is 3.88. The highest BCUT2D eigenvalue weighted by Crippen LogP contribution is 2.40. The van der Waals surface area contributed by atoms with Crippen molar-refractivity contribution in [1.82, 2.24) is 0 Å². The zero-order chi connectivity index (χ0) is 9.71. The maximum absolute atomic E-state index is 11.6. The Morgan fingerprint density at radius 3 is 2.86 bits per heavy atom. The van der Waals surface area contributed by atoms with Crippen LogP contribution in [0.1, 0.15) is 25.7 Å². The number of Topliss-reactive ketones (excluding diaryl/α,β-unsaturated/α-hetero) is 1. The van der Waals surface area contributed by atoms with E-state index in [2.05, 4.69) is 0 Å². The van der Waals surface area contributed by atoms with Gasteiger partial charge in [-0.25, -0.2) is 0 Å². The molecular formula is C10H10O4. The van der Waals surface area contributed by atoms with Gasteiger partial charge in [0.25, 0.3) is 0 Å². The molecule has 3 aliphatic rings. The molecule has 74 valence electrons. The quantitative estimate of drug-likeness (QED) is 0.533. The predicted molar refractivity (Wildman–Crippen MR) is 45.3 cm³/mol. The monoisotopic (exact) mass is 194 g/mol. The number of carbonyl (C=O) groups is 2. The zero-order valence-electron chi connectivity index (χ0n) is 7.62. The first-order valence-corrected chi connectivity index (χ1v) is 4.88. The van der Waals surface area contributed by atoms with E-state index in [1.165, 1.54) is 0 Å². The molecule has 14 heavy (non-hydrogen) atoms. The van der Waals surface area contributed by atoms with Crippen molar-refractivity contribution in [1.29, 1.82) is 0 Å². The van der Waals surface area contributed by atoms with Crippen molar-refractivity contribution < 1.29 is 19.1 Å². The van der Waals surface area contributed by atoms with E-state index >= 15 is 0 Å². The van der Waals surface area contributed by atoms with Crippen molar-refractivity contribution in [2.75, 3.05) is 0 Å². The smallest absolute Gasteiger partial charge is 0.310 e. The van der Waals surface area contributed by atoms with E-state index in [4.69, 9.17) is 9.47 Å². The van der Waals surface area contributed by atoms with Gasteiger partial charge < -0.3 is 9.47 Å². The summed E-state index contributed by atoms with van der Waals surface area (Å²) in [6.07, 6.45) is 1.88. The van der Waals surface area contributed by atoms with Crippen LogP contribution in [0, 0.1) is 0 Å². The van der Waals surface area contributed by atoms with Crippen molar-refractivity contribution in [3.8, 4) is 0 Å². The minimum atomic E-state index is -0.398. The number of hydrogen-bond donors (Lipinski definition) is 0. The molecule has 0 unspecified atom stereocenters. The Morgan fingerprint density at radius 2 is 2.00 bits per heavy atom. The average Bonchev–Trinajstić information content (AvgIpc) is 2.60. The number of ether oxygens (including phenoxy) is 2. The van der Waals surface area contributed by atoms with Crippen LogP contribution < -0.4 is 0 Å². The van der Waals surface area contributed by atoms with Gasteiger partial charge in [0.05, 0.1) is 12.0 Å². The fourth-order valence-corrected chi connectivity index (χ4v) is 2.34. The highest BCUT2D eigenvalue weighted by Gasteiger charge is 2.48. The first-order chi connectivity index (χ1) is 6.75. The van der Waals surface area contributed by atoms with Crippen LogP contribution in [0.4, 0.5) is 0 Å². The molecule has 0 N–H and O–H groups in total. The normalized spacial score (nSPS) is 35.1. The van der Waals surface area contributed by atoms with E-state index in [1.54, 1.807) is 0 Å². The van der Waals surface area contributed by atoms with E-state index in [0.29, 0.717) is 12.0 Å². The predicted octanol–water partition coefficient (Wildman–Crippen LogP) is 0.708. The van der Waals surface area contributed by atoms with E-state index in [1.807, 2.05) is 0 Å². The van der Waals surface area contributed by atoms with Gasteiger partial charge in [0.15, 0.2) is 11.9 Å². The zero-order valence-corrected chi connectivity index (χ0v) is 7.62. The Labute approximate surface area is 80.9 Å². The van der Waals surface area contributed by atoms with Crippen molar-refractivity contribution >= 4 is 11.8 Å².